The Kier molecular flexibility index (Phi) is 11.5. The first-order valence-electron chi connectivity index (χ1n) is 9.23. The van der Waals surface area contributed by atoms with Gasteiger partial charge in [-0.2, -0.15) is 0 Å². The molecule has 25 heavy (non-hydrogen) atoms. The van der Waals surface area contributed by atoms with Crippen molar-refractivity contribution in [2.24, 2.45) is 4.99 Å². The lowest BCUT2D eigenvalue weighted by molar-refractivity contribution is 0.206. The fraction of sp³-hybridized carbons (Fsp3) is 0.632. The molecule has 1 aliphatic heterocycles. The highest BCUT2D eigenvalue weighted by Crippen LogP contribution is 2.11. The molecule has 4 nitrogen and oxygen atoms in total. The van der Waals surface area contributed by atoms with Gasteiger partial charge in [0.25, 0.3) is 0 Å². The minimum Gasteiger partial charge on any atom is -0.357 e. The number of hydrogen-bond acceptors (Lipinski definition) is 2. The van der Waals surface area contributed by atoms with E-state index in [-0.39, 0.29) is 24.0 Å². The number of likely N-dealkylation sites (tertiary alicyclic amines) is 1. The van der Waals surface area contributed by atoms with Crippen molar-refractivity contribution in [3.63, 3.8) is 0 Å². The van der Waals surface area contributed by atoms with Gasteiger partial charge in [-0.1, -0.05) is 30.7 Å². The van der Waals surface area contributed by atoms with Crippen molar-refractivity contribution in [1.29, 1.82) is 0 Å². The first kappa shape index (κ1) is 22.5. The Morgan fingerprint density at radius 1 is 1.20 bits per heavy atom. The molecule has 0 aromatic heterocycles. The lowest BCUT2D eigenvalue weighted by Crippen LogP contribution is -2.48. The van der Waals surface area contributed by atoms with Gasteiger partial charge >= 0.3 is 0 Å². The average Bonchev–Trinajstić information content (AvgIpc) is 2.59. The van der Waals surface area contributed by atoms with Crippen LogP contribution in [0.4, 0.5) is 0 Å². The molecule has 0 saturated carbocycles. The maximum atomic E-state index is 5.92. The van der Waals surface area contributed by atoms with E-state index in [9.17, 15) is 0 Å². The van der Waals surface area contributed by atoms with E-state index in [0.29, 0.717) is 6.04 Å². The molecule has 142 valence electrons. The Morgan fingerprint density at radius 2 is 1.88 bits per heavy atom. The molecule has 1 aromatic rings. The average molecular weight is 479 g/mol. The number of rotatable bonds is 7. The number of aliphatic imine (C=N–C) groups is 1. The van der Waals surface area contributed by atoms with Crippen molar-refractivity contribution < 1.29 is 0 Å². The van der Waals surface area contributed by atoms with Crippen LogP contribution in [0.5, 0.6) is 0 Å². The quantitative estimate of drug-likeness (QED) is 0.354. The third kappa shape index (κ3) is 8.60. The highest BCUT2D eigenvalue weighted by Gasteiger charge is 2.19. The molecule has 2 N–H and O–H groups in total. The van der Waals surface area contributed by atoms with Crippen molar-refractivity contribution in [1.82, 2.24) is 15.5 Å². The SMILES string of the molecule is CCCN1CCC(NC(=NCCc2ccc(Cl)cc2)NCC)CC1.I. The number of benzene rings is 1. The standard InChI is InChI=1S/C19H31ClN4.HI/c1-3-13-24-14-10-18(11-15-24)23-19(21-4-2)22-12-9-16-5-7-17(20)8-6-16;/h5-8,18H,3-4,9-15H2,1-2H3,(H2,21,22,23);1H. The van der Waals surface area contributed by atoms with Gasteiger partial charge in [-0.25, -0.2) is 0 Å². The van der Waals surface area contributed by atoms with Crippen molar-refractivity contribution in [2.45, 2.75) is 45.6 Å². The number of hydrogen-bond donors (Lipinski definition) is 2. The summed E-state index contributed by atoms with van der Waals surface area (Å²) in [6.07, 6.45) is 4.57. The molecule has 1 aliphatic rings. The highest BCUT2D eigenvalue weighted by atomic mass is 127. The summed E-state index contributed by atoms with van der Waals surface area (Å²) in [6, 6.07) is 8.55. The minimum atomic E-state index is 0. The third-order valence-corrected chi connectivity index (χ3v) is 4.65. The number of halogens is 2. The zero-order valence-electron chi connectivity index (χ0n) is 15.4. The first-order valence-corrected chi connectivity index (χ1v) is 9.60. The predicted molar refractivity (Wildman–Crippen MR) is 119 cm³/mol. The van der Waals surface area contributed by atoms with Crippen LogP contribution in [0.2, 0.25) is 5.02 Å². The van der Waals surface area contributed by atoms with E-state index >= 15 is 0 Å². The van der Waals surface area contributed by atoms with Gasteiger partial charge in [0.15, 0.2) is 5.96 Å². The molecule has 0 radical (unpaired) electrons. The van der Waals surface area contributed by atoms with Crippen LogP contribution in [0.25, 0.3) is 0 Å². The number of nitrogens with zero attached hydrogens (tertiary/aromatic N) is 2. The summed E-state index contributed by atoms with van der Waals surface area (Å²) in [5.41, 5.74) is 1.27. The molecule has 6 heteroatoms. The van der Waals surface area contributed by atoms with Crippen LogP contribution in [0.1, 0.15) is 38.7 Å². The predicted octanol–water partition coefficient (Wildman–Crippen LogP) is 3.93. The van der Waals surface area contributed by atoms with E-state index in [0.717, 1.165) is 30.5 Å². The van der Waals surface area contributed by atoms with E-state index in [1.807, 2.05) is 12.1 Å². The summed E-state index contributed by atoms with van der Waals surface area (Å²) in [6.45, 7) is 9.64. The van der Waals surface area contributed by atoms with Gasteiger partial charge < -0.3 is 15.5 Å². The monoisotopic (exact) mass is 478 g/mol. The van der Waals surface area contributed by atoms with Gasteiger partial charge in [0.05, 0.1) is 0 Å². The maximum absolute atomic E-state index is 5.92. The van der Waals surface area contributed by atoms with Crippen LogP contribution in [-0.4, -0.2) is 49.6 Å². The molecule has 1 heterocycles. The summed E-state index contributed by atoms with van der Waals surface area (Å²) in [7, 11) is 0. The molecular weight excluding hydrogens is 447 g/mol. The van der Waals surface area contributed by atoms with E-state index in [4.69, 9.17) is 16.6 Å². The summed E-state index contributed by atoms with van der Waals surface area (Å²) in [4.78, 5) is 7.29. The molecule has 1 saturated heterocycles. The van der Waals surface area contributed by atoms with E-state index in [1.54, 1.807) is 0 Å². The summed E-state index contributed by atoms with van der Waals surface area (Å²) in [5, 5.41) is 7.76. The van der Waals surface area contributed by atoms with Gasteiger partial charge in [0.1, 0.15) is 0 Å². The Balaban J connectivity index is 0.00000312. The molecule has 1 fully saturated rings. The van der Waals surface area contributed by atoms with Crippen molar-refractivity contribution in [3.8, 4) is 0 Å². The van der Waals surface area contributed by atoms with Crippen LogP contribution in [0.3, 0.4) is 0 Å². The van der Waals surface area contributed by atoms with Crippen molar-refractivity contribution in [2.75, 3.05) is 32.7 Å². The lowest BCUT2D eigenvalue weighted by atomic mass is 10.1. The Bertz CT molecular complexity index is 499. The van der Waals surface area contributed by atoms with Crippen LogP contribution < -0.4 is 10.6 Å². The molecule has 0 aliphatic carbocycles. The number of guanidine groups is 1. The molecule has 0 unspecified atom stereocenters. The Morgan fingerprint density at radius 3 is 2.48 bits per heavy atom. The minimum absolute atomic E-state index is 0. The largest absolute Gasteiger partial charge is 0.357 e. The molecule has 0 amide bonds. The zero-order valence-corrected chi connectivity index (χ0v) is 18.5. The first-order chi connectivity index (χ1) is 11.7. The molecular formula is C19H32ClIN4. The van der Waals surface area contributed by atoms with Gasteiger partial charge in [0, 0.05) is 37.2 Å². The summed E-state index contributed by atoms with van der Waals surface area (Å²) in [5.74, 6) is 0.945. The van der Waals surface area contributed by atoms with E-state index < -0.39 is 0 Å². The highest BCUT2D eigenvalue weighted by molar-refractivity contribution is 14.0. The topological polar surface area (TPSA) is 39.7 Å². The van der Waals surface area contributed by atoms with Gasteiger partial charge in [0.2, 0.25) is 0 Å². The second-order valence-corrected chi connectivity index (χ2v) is 6.83. The van der Waals surface area contributed by atoms with Crippen LogP contribution >= 0.6 is 35.6 Å². The second-order valence-electron chi connectivity index (χ2n) is 6.40. The summed E-state index contributed by atoms with van der Waals surface area (Å²) >= 11 is 5.92. The maximum Gasteiger partial charge on any atom is 0.191 e. The van der Waals surface area contributed by atoms with E-state index in [1.165, 1.54) is 44.5 Å². The van der Waals surface area contributed by atoms with Gasteiger partial charge in [-0.3, -0.25) is 4.99 Å². The number of piperidine rings is 1. The fourth-order valence-electron chi connectivity index (χ4n) is 3.08. The van der Waals surface area contributed by atoms with Crippen molar-refractivity contribution >= 4 is 41.5 Å². The third-order valence-electron chi connectivity index (χ3n) is 4.40. The van der Waals surface area contributed by atoms with Crippen LogP contribution in [0.15, 0.2) is 29.3 Å². The van der Waals surface area contributed by atoms with Crippen molar-refractivity contribution in [3.05, 3.63) is 34.9 Å². The molecule has 0 bridgehead atoms. The number of nitrogens with one attached hydrogen (secondary N) is 2. The molecule has 2 rings (SSSR count). The molecule has 0 atom stereocenters. The smallest absolute Gasteiger partial charge is 0.191 e. The Labute approximate surface area is 174 Å². The summed E-state index contributed by atoms with van der Waals surface area (Å²) < 4.78 is 0. The van der Waals surface area contributed by atoms with Gasteiger partial charge in [-0.15, -0.1) is 24.0 Å². The van der Waals surface area contributed by atoms with Gasteiger partial charge in [-0.05, 0) is 56.8 Å². The zero-order chi connectivity index (χ0) is 17.2. The molecule has 0 spiro atoms. The van der Waals surface area contributed by atoms with Crippen LogP contribution in [-0.2, 0) is 6.42 Å². The Hall–Kier alpha value is -0.530. The van der Waals surface area contributed by atoms with E-state index in [2.05, 4.69) is 41.5 Å². The second kappa shape index (κ2) is 12.8. The normalized spacial score (nSPS) is 16.4. The van der Waals surface area contributed by atoms with Crippen LogP contribution in [0, 0.1) is 0 Å². The fourth-order valence-corrected chi connectivity index (χ4v) is 3.20. The lowest BCUT2D eigenvalue weighted by Gasteiger charge is -2.32. The molecule has 1 aromatic carbocycles.